The Balaban J connectivity index is 2.06. The summed E-state index contributed by atoms with van der Waals surface area (Å²) in [6.45, 7) is 3.21. The third-order valence-corrected chi connectivity index (χ3v) is 4.77. The number of nitrogens with zero attached hydrogens (tertiary/aromatic N) is 2. The minimum atomic E-state index is -0.529. The molecule has 3 N–H and O–H groups in total. The molecule has 0 aliphatic rings. The fourth-order valence-corrected chi connectivity index (χ4v) is 3.25. The van der Waals surface area contributed by atoms with Crippen molar-refractivity contribution in [3.05, 3.63) is 92.4 Å². The Hall–Kier alpha value is -3.35. The number of benzene rings is 2. The van der Waals surface area contributed by atoms with Crippen LogP contribution < -0.4 is 21.9 Å². The standard InChI is InChI=1S/C22H25FN4O2/c1-2-3-13-27-20(24)19(21(28)25-22(27)29)26(14-16-7-5-4-6-8-16)15-17-9-11-18(23)12-10-17/h4-12H,2-3,13-15,24H2,1H3,(H,25,28,29). The van der Waals surface area contributed by atoms with E-state index in [1.165, 1.54) is 16.7 Å². The van der Waals surface area contributed by atoms with Gasteiger partial charge in [0, 0.05) is 19.6 Å². The van der Waals surface area contributed by atoms with Crippen LogP contribution >= 0.6 is 0 Å². The zero-order valence-electron chi connectivity index (χ0n) is 16.4. The van der Waals surface area contributed by atoms with Gasteiger partial charge in [0.25, 0.3) is 5.56 Å². The van der Waals surface area contributed by atoms with Gasteiger partial charge < -0.3 is 10.6 Å². The first-order valence-electron chi connectivity index (χ1n) is 9.65. The van der Waals surface area contributed by atoms with E-state index in [2.05, 4.69) is 4.98 Å². The number of rotatable bonds is 8. The first-order valence-corrected chi connectivity index (χ1v) is 9.65. The molecule has 0 radical (unpaired) electrons. The normalized spacial score (nSPS) is 10.8. The van der Waals surface area contributed by atoms with Gasteiger partial charge in [-0.2, -0.15) is 0 Å². The minimum Gasteiger partial charge on any atom is -0.383 e. The lowest BCUT2D eigenvalue weighted by molar-refractivity contribution is 0.601. The Morgan fingerprint density at radius 3 is 2.24 bits per heavy atom. The number of unbranched alkanes of at least 4 members (excludes halogenated alkanes) is 1. The largest absolute Gasteiger partial charge is 0.383 e. The van der Waals surface area contributed by atoms with Crippen LogP contribution in [0.25, 0.3) is 0 Å². The molecule has 1 heterocycles. The summed E-state index contributed by atoms with van der Waals surface area (Å²) >= 11 is 0. The van der Waals surface area contributed by atoms with Gasteiger partial charge in [-0.05, 0) is 29.7 Å². The lowest BCUT2D eigenvalue weighted by Crippen LogP contribution is -2.38. The van der Waals surface area contributed by atoms with E-state index in [0.29, 0.717) is 19.6 Å². The monoisotopic (exact) mass is 396 g/mol. The summed E-state index contributed by atoms with van der Waals surface area (Å²) < 4.78 is 14.7. The lowest BCUT2D eigenvalue weighted by Gasteiger charge is -2.26. The predicted molar refractivity (Wildman–Crippen MR) is 113 cm³/mol. The third-order valence-electron chi connectivity index (χ3n) is 4.77. The third kappa shape index (κ3) is 4.93. The average Bonchev–Trinajstić information content (AvgIpc) is 2.70. The van der Waals surface area contributed by atoms with Crippen molar-refractivity contribution in [1.29, 1.82) is 0 Å². The molecule has 0 saturated heterocycles. The first-order chi connectivity index (χ1) is 14.0. The highest BCUT2D eigenvalue weighted by Gasteiger charge is 2.19. The van der Waals surface area contributed by atoms with Gasteiger partial charge in [0.15, 0.2) is 0 Å². The Morgan fingerprint density at radius 2 is 1.62 bits per heavy atom. The van der Waals surface area contributed by atoms with Crippen molar-refractivity contribution in [3.8, 4) is 0 Å². The van der Waals surface area contributed by atoms with Crippen molar-refractivity contribution in [2.24, 2.45) is 0 Å². The van der Waals surface area contributed by atoms with E-state index in [-0.39, 0.29) is 17.3 Å². The molecule has 0 amide bonds. The number of hydrogen-bond acceptors (Lipinski definition) is 4. The molecule has 29 heavy (non-hydrogen) atoms. The van der Waals surface area contributed by atoms with Crippen molar-refractivity contribution in [1.82, 2.24) is 9.55 Å². The van der Waals surface area contributed by atoms with Crippen LogP contribution in [-0.2, 0) is 19.6 Å². The Kier molecular flexibility index (Phi) is 6.49. The van der Waals surface area contributed by atoms with Crippen LogP contribution in [0.15, 0.2) is 64.2 Å². The molecule has 0 bridgehead atoms. The van der Waals surface area contributed by atoms with E-state index in [9.17, 15) is 14.0 Å². The zero-order chi connectivity index (χ0) is 20.8. The van der Waals surface area contributed by atoms with Gasteiger partial charge in [-0.3, -0.25) is 14.3 Å². The minimum absolute atomic E-state index is 0.144. The number of anilines is 2. The average molecular weight is 396 g/mol. The van der Waals surface area contributed by atoms with Gasteiger partial charge in [0.05, 0.1) is 0 Å². The van der Waals surface area contributed by atoms with Gasteiger partial charge in [-0.1, -0.05) is 55.8 Å². The Labute approximate surface area is 168 Å². The highest BCUT2D eigenvalue weighted by atomic mass is 19.1. The maximum absolute atomic E-state index is 13.3. The molecule has 0 atom stereocenters. The number of aromatic amines is 1. The highest BCUT2D eigenvalue weighted by Crippen LogP contribution is 2.22. The van der Waals surface area contributed by atoms with Gasteiger partial charge in [-0.25, -0.2) is 9.18 Å². The molecular formula is C22H25FN4O2. The van der Waals surface area contributed by atoms with E-state index in [1.807, 2.05) is 42.2 Å². The quantitative estimate of drug-likeness (QED) is 0.612. The molecule has 3 rings (SSSR count). The topological polar surface area (TPSA) is 84.1 Å². The molecule has 3 aromatic rings. The summed E-state index contributed by atoms with van der Waals surface area (Å²) in [4.78, 5) is 29.2. The second kappa shape index (κ2) is 9.23. The van der Waals surface area contributed by atoms with Crippen LogP contribution in [0.4, 0.5) is 15.9 Å². The summed E-state index contributed by atoms with van der Waals surface area (Å²) in [7, 11) is 0. The molecule has 0 unspecified atom stereocenters. The fraction of sp³-hybridized carbons (Fsp3) is 0.273. The van der Waals surface area contributed by atoms with Crippen molar-refractivity contribution >= 4 is 11.5 Å². The Morgan fingerprint density at radius 1 is 1.00 bits per heavy atom. The van der Waals surface area contributed by atoms with Crippen molar-refractivity contribution < 1.29 is 4.39 Å². The molecular weight excluding hydrogens is 371 g/mol. The molecule has 0 aliphatic heterocycles. The molecule has 0 spiro atoms. The molecule has 0 fully saturated rings. The molecule has 6 nitrogen and oxygen atoms in total. The first kappa shape index (κ1) is 20.4. The van der Waals surface area contributed by atoms with Crippen LogP contribution in [0.3, 0.4) is 0 Å². The maximum atomic E-state index is 13.3. The van der Waals surface area contributed by atoms with Crippen LogP contribution in [0.1, 0.15) is 30.9 Å². The van der Waals surface area contributed by atoms with Crippen molar-refractivity contribution in [2.75, 3.05) is 10.6 Å². The number of nitrogen functional groups attached to an aromatic ring is 1. The lowest BCUT2D eigenvalue weighted by atomic mass is 10.1. The molecule has 0 saturated carbocycles. The number of aromatic nitrogens is 2. The second-order valence-corrected chi connectivity index (χ2v) is 6.97. The summed E-state index contributed by atoms with van der Waals surface area (Å²) in [6.07, 6.45) is 1.66. The number of nitrogens with two attached hydrogens (primary N) is 1. The van der Waals surface area contributed by atoms with E-state index < -0.39 is 11.2 Å². The SMILES string of the molecule is CCCCn1c(N)c(N(Cc2ccccc2)Cc2ccc(F)cc2)c(=O)[nH]c1=O. The maximum Gasteiger partial charge on any atom is 0.330 e. The van der Waals surface area contributed by atoms with E-state index >= 15 is 0 Å². The highest BCUT2D eigenvalue weighted by molar-refractivity contribution is 5.62. The summed E-state index contributed by atoms with van der Waals surface area (Å²) in [5.74, 6) is -0.181. The van der Waals surface area contributed by atoms with Gasteiger partial charge in [0.2, 0.25) is 0 Å². The van der Waals surface area contributed by atoms with Gasteiger partial charge >= 0.3 is 5.69 Å². The van der Waals surface area contributed by atoms with Crippen LogP contribution in [0, 0.1) is 5.82 Å². The van der Waals surface area contributed by atoms with E-state index in [4.69, 9.17) is 5.73 Å². The van der Waals surface area contributed by atoms with Gasteiger partial charge in [-0.15, -0.1) is 0 Å². The molecule has 7 heteroatoms. The van der Waals surface area contributed by atoms with Crippen LogP contribution in [0.5, 0.6) is 0 Å². The summed E-state index contributed by atoms with van der Waals surface area (Å²) in [5, 5.41) is 0. The second-order valence-electron chi connectivity index (χ2n) is 6.97. The van der Waals surface area contributed by atoms with Crippen LogP contribution in [0.2, 0.25) is 0 Å². The smallest absolute Gasteiger partial charge is 0.330 e. The summed E-state index contributed by atoms with van der Waals surface area (Å²) in [6, 6.07) is 15.8. The van der Waals surface area contributed by atoms with Crippen molar-refractivity contribution in [3.63, 3.8) is 0 Å². The van der Waals surface area contributed by atoms with Crippen LogP contribution in [-0.4, -0.2) is 9.55 Å². The van der Waals surface area contributed by atoms with Crippen molar-refractivity contribution in [2.45, 2.75) is 39.4 Å². The number of halogens is 1. The molecule has 1 aromatic heterocycles. The molecule has 152 valence electrons. The molecule has 0 aliphatic carbocycles. The Bertz CT molecular complexity index is 1060. The molecule has 2 aromatic carbocycles. The zero-order valence-corrected chi connectivity index (χ0v) is 16.4. The predicted octanol–water partition coefficient (Wildman–Crippen LogP) is 3.26. The summed E-state index contributed by atoms with van der Waals surface area (Å²) in [5.41, 5.74) is 7.32. The number of nitrogens with one attached hydrogen (secondary N) is 1. The fourth-order valence-electron chi connectivity index (χ4n) is 3.25. The number of H-pyrrole nitrogens is 1. The number of hydrogen-bond donors (Lipinski definition) is 2. The van der Waals surface area contributed by atoms with E-state index in [1.54, 1.807) is 12.1 Å². The van der Waals surface area contributed by atoms with E-state index in [0.717, 1.165) is 24.0 Å². The van der Waals surface area contributed by atoms with Gasteiger partial charge in [0.1, 0.15) is 17.3 Å².